The predicted molar refractivity (Wildman–Crippen MR) is 106 cm³/mol. The van der Waals surface area contributed by atoms with E-state index in [-0.39, 0.29) is 0 Å². The summed E-state index contributed by atoms with van der Waals surface area (Å²) in [6.45, 7) is 5.66. The average molecular weight is 385 g/mol. The third-order valence-electron chi connectivity index (χ3n) is 4.33. The number of anilines is 3. The van der Waals surface area contributed by atoms with Crippen LogP contribution >= 0.6 is 0 Å². The van der Waals surface area contributed by atoms with Crippen molar-refractivity contribution in [2.24, 2.45) is 5.10 Å². The van der Waals surface area contributed by atoms with E-state index in [0.717, 1.165) is 31.9 Å². The summed E-state index contributed by atoms with van der Waals surface area (Å²) in [5, 5.41) is 4.17. The maximum absolute atomic E-state index is 5.43. The van der Waals surface area contributed by atoms with Gasteiger partial charge in [-0.1, -0.05) is 0 Å². The Bertz CT molecular complexity index is 761. The van der Waals surface area contributed by atoms with Gasteiger partial charge in [0.1, 0.15) is 5.76 Å². The topological polar surface area (TPSA) is 101 Å². The van der Waals surface area contributed by atoms with Crippen molar-refractivity contribution in [3.05, 3.63) is 30.2 Å². The summed E-state index contributed by atoms with van der Waals surface area (Å²) in [5.74, 6) is 2.42. The molecule has 28 heavy (non-hydrogen) atoms. The van der Waals surface area contributed by atoms with E-state index in [1.54, 1.807) is 18.6 Å². The highest BCUT2D eigenvalue weighted by atomic mass is 16.5. The molecule has 4 heterocycles. The zero-order valence-corrected chi connectivity index (χ0v) is 15.5. The normalized spacial score (nSPS) is 18.3. The third-order valence-corrected chi connectivity index (χ3v) is 4.33. The van der Waals surface area contributed by atoms with Gasteiger partial charge in [0.25, 0.3) is 0 Å². The van der Waals surface area contributed by atoms with Crippen molar-refractivity contribution in [2.75, 3.05) is 67.8 Å². The standard InChI is InChI=1S/C18H23N7O3/c1(3-15-4-2-10-28-15)5-19-23-16-20-17(24-6-11-26-12-7-24)22-18(21-16)25-8-13-27-14-9-25/h1-5,10H,6-9,11-14H2,(H,20,21,22,23)/b3-1+,19-5+. The molecule has 2 aliphatic rings. The number of hydrogen-bond donors (Lipinski definition) is 1. The molecule has 0 amide bonds. The molecule has 1 N–H and O–H groups in total. The molecule has 0 bridgehead atoms. The first kappa shape index (κ1) is 18.4. The minimum absolute atomic E-state index is 0.403. The first-order chi connectivity index (χ1) is 13.9. The molecule has 0 spiro atoms. The fourth-order valence-electron chi connectivity index (χ4n) is 2.88. The van der Waals surface area contributed by atoms with Gasteiger partial charge in [-0.2, -0.15) is 20.1 Å². The Morgan fingerprint density at radius 1 is 0.929 bits per heavy atom. The van der Waals surface area contributed by atoms with Crippen molar-refractivity contribution in [1.82, 2.24) is 15.0 Å². The molecule has 0 saturated carbocycles. The smallest absolute Gasteiger partial charge is 0.250 e. The van der Waals surface area contributed by atoms with Crippen LogP contribution < -0.4 is 15.2 Å². The van der Waals surface area contributed by atoms with Crippen LogP contribution in [0.3, 0.4) is 0 Å². The summed E-state index contributed by atoms with van der Waals surface area (Å²) in [4.78, 5) is 17.9. The Morgan fingerprint density at radius 3 is 2.14 bits per heavy atom. The van der Waals surface area contributed by atoms with Gasteiger partial charge in [-0.15, -0.1) is 0 Å². The molecular formula is C18H23N7O3. The molecule has 0 aliphatic carbocycles. The molecule has 2 saturated heterocycles. The highest BCUT2D eigenvalue weighted by molar-refractivity contribution is 5.77. The SMILES string of the molecule is C(=C\c1ccco1)/C=N/Nc1nc(N2CCOCC2)nc(N2CCOCC2)n1. The van der Waals surface area contributed by atoms with Gasteiger partial charge in [-0.25, -0.2) is 5.43 Å². The number of rotatable bonds is 6. The van der Waals surface area contributed by atoms with Crippen molar-refractivity contribution in [3.63, 3.8) is 0 Å². The summed E-state index contributed by atoms with van der Waals surface area (Å²) in [7, 11) is 0. The Labute approximate surface area is 162 Å². The van der Waals surface area contributed by atoms with Crippen LogP contribution in [0, 0.1) is 0 Å². The fourth-order valence-corrected chi connectivity index (χ4v) is 2.88. The molecule has 2 aromatic heterocycles. The fraction of sp³-hybridized carbons (Fsp3) is 0.444. The van der Waals surface area contributed by atoms with Crippen molar-refractivity contribution in [2.45, 2.75) is 0 Å². The average Bonchev–Trinajstić information content (AvgIpc) is 3.28. The van der Waals surface area contributed by atoms with Gasteiger partial charge in [0.2, 0.25) is 17.8 Å². The van der Waals surface area contributed by atoms with Crippen molar-refractivity contribution >= 4 is 30.1 Å². The molecule has 0 radical (unpaired) electrons. The molecule has 2 fully saturated rings. The van der Waals surface area contributed by atoms with E-state index < -0.39 is 0 Å². The van der Waals surface area contributed by atoms with Crippen LogP contribution in [0.1, 0.15) is 5.76 Å². The van der Waals surface area contributed by atoms with Gasteiger partial charge in [-0.3, -0.25) is 0 Å². The number of ether oxygens (including phenoxy) is 2. The van der Waals surface area contributed by atoms with E-state index in [1.165, 1.54) is 0 Å². The first-order valence-corrected chi connectivity index (χ1v) is 9.29. The highest BCUT2D eigenvalue weighted by Crippen LogP contribution is 2.18. The first-order valence-electron chi connectivity index (χ1n) is 9.29. The lowest BCUT2D eigenvalue weighted by molar-refractivity contribution is 0.121. The minimum Gasteiger partial charge on any atom is -0.465 e. The Hall–Kier alpha value is -2.98. The van der Waals surface area contributed by atoms with Crippen LogP contribution in [0.4, 0.5) is 17.8 Å². The number of morpholine rings is 2. The number of nitrogens with one attached hydrogen (secondary N) is 1. The molecule has 148 valence electrons. The quantitative estimate of drug-likeness (QED) is 0.581. The maximum atomic E-state index is 5.43. The zero-order valence-electron chi connectivity index (χ0n) is 15.5. The van der Waals surface area contributed by atoms with E-state index in [2.05, 4.69) is 35.3 Å². The second-order valence-electron chi connectivity index (χ2n) is 6.22. The van der Waals surface area contributed by atoms with Crippen molar-refractivity contribution < 1.29 is 13.9 Å². The predicted octanol–water partition coefficient (Wildman–Crippen LogP) is 1.25. The second kappa shape index (κ2) is 9.29. The molecule has 10 heteroatoms. The van der Waals surface area contributed by atoms with Crippen LogP contribution in [0.2, 0.25) is 0 Å². The summed E-state index contributed by atoms with van der Waals surface area (Å²) < 4.78 is 16.1. The molecule has 0 unspecified atom stereocenters. The number of hydrazone groups is 1. The lowest BCUT2D eigenvalue weighted by Gasteiger charge is -2.30. The zero-order chi connectivity index (χ0) is 19.0. The van der Waals surface area contributed by atoms with Crippen molar-refractivity contribution in [1.29, 1.82) is 0 Å². The van der Waals surface area contributed by atoms with Crippen LogP contribution in [0.25, 0.3) is 6.08 Å². The molecule has 10 nitrogen and oxygen atoms in total. The van der Waals surface area contributed by atoms with Gasteiger partial charge < -0.3 is 23.7 Å². The van der Waals surface area contributed by atoms with E-state index in [0.29, 0.717) is 44.3 Å². The lowest BCUT2D eigenvalue weighted by atomic mass is 10.4. The molecule has 0 aromatic carbocycles. The number of hydrogen-bond acceptors (Lipinski definition) is 10. The van der Waals surface area contributed by atoms with Gasteiger partial charge in [0, 0.05) is 32.4 Å². The van der Waals surface area contributed by atoms with Gasteiger partial charge in [-0.05, 0) is 24.3 Å². The van der Waals surface area contributed by atoms with E-state index in [1.807, 2.05) is 18.2 Å². The van der Waals surface area contributed by atoms with Gasteiger partial charge >= 0.3 is 0 Å². The molecule has 2 aliphatic heterocycles. The van der Waals surface area contributed by atoms with Crippen molar-refractivity contribution in [3.8, 4) is 0 Å². The molecule has 2 aromatic rings. The maximum Gasteiger partial charge on any atom is 0.250 e. The summed E-state index contributed by atoms with van der Waals surface area (Å²) in [6, 6.07) is 3.70. The summed E-state index contributed by atoms with van der Waals surface area (Å²) in [5.41, 5.74) is 2.89. The number of allylic oxidation sites excluding steroid dienone is 1. The van der Waals surface area contributed by atoms with Gasteiger partial charge in [0.05, 0.1) is 32.7 Å². The summed E-state index contributed by atoms with van der Waals surface area (Å²) >= 11 is 0. The van der Waals surface area contributed by atoms with Crippen LogP contribution in [-0.4, -0.2) is 73.8 Å². The van der Waals surface area contributed by atoms with E-state index in [4.69, 9.17) is 13.9 Å². The number of furan rings is 1. The molecule has 4 rings (SSSR count). The largest absolute Gasteiger partial charge is 0.465 e. The third kappa shape index (κ3) is 4.84. The minimum atomic E-state index is 0.403. The van der Waals surface area contributed by atoms with E-state index in [9.17, 15) is 0 Å². The Kier molecular flexibility index (Phi) is 6.10. The van der Waals surface area contributed by atoms with Crippen LogP contribution in [0.15, 0.2) is 34.0 Å². The molecule has 0 atom stereocenters. The Morgan fingerprint density at radius 2 is 1.57 bits per heavy atom. The molecular weight excluding hydrogens is 362 g/mol. The van der Waals surface area contributed by atoms with Crippen LogP contribution in [0.5, 0.6) is 0 Å². The highest BCUT2D eigenvalue weighted by Gasteiger charge is 2.20. The van der Waals surface area contributed by atoms with E-state index >= 15 is 0 Å². The van der Waals surface area contributed by atoms with Gasteiger partial charge in [0.15, 0.2) is 0 Å². The second-order valence-corrected chi connectivity index (χ2v) is 6.22. The van der Waals surface area contributed by atoms with Crippen LogP contribution in [-0.2, 0) is 9.47 Å². The summed E-state index contributed by atoms with van der Waals surface area (Å²) in [6.07, 6.45) is 6.84. The number of aromatic nitrogens is 3. The lowest BCUT2D eigenvalue weighted by Crippen LogP contribution is -2.40. The number of nitrogens with zero attached hydrogens (tertiary/aromatic N) is 6. The monoisotopic (exact) mass is 385 g/mol. The Balaban J connectivity index is 1.49.